The number of hydrogen-bond donors (Lipinski definition) is 0. The number of thiocarbonyl (C=S) groups is 1. The van der Waals surface area contributed by atoms with Crippen LogP contribution in [-0.2, 0) is 6.42 Å². The second-order valence-corrected chi connectivity index (χ2v) is 6.23. The van der Waals surface area contributed by atoms with Gasteiger partial charge in [0.05, 0.1) is 33.3 Å². The maximum atomic E-state index is 12.8. The van der Waals surface area contributed by atoms with E-state index in [1.165, 1.54) is 0 Å². The Hall–Kier alpha value is -0.970. The summed E-state index contributed by atoms with van der Waals surface area (Å²) in [7, 11) is 0. The highest BCUT2D eigenvalue weighted by Crippen LogP contribution is 2.42. The quantitative estimate of drug-likeness (QED) is 0.555. The first-order valence-electron chi connectivity index (χ1n) is 6.65. The molecule has 1 aromatic heterocycles. The van der Waals surface area contributed by atoms with E-state index in [1.807, 2.05) is 0 Å². The number of nitrogens with zero attached hydrogens (tertiary/aromatic N) is 1. The summed E-state index contributed by atoms with van der Waals surface area (Å²) in [5, 5.41) is 4.61. The number of rotatable bonds is 5. The molecule has 1 aliphatic carbocycles. The van der Waals surface area contributed by atoms with Gasteiger partial charge in [0.2, 0.25) is 0 Å². The lowest BCUT2D eigenvalue weighted by molar-refractivity contribution is 0.384. The molecule has 110 valence electrons. The Morgan fingerprint density at radius 1 is 1.33 bits per heavy atom. The summed E-state index contributed by atoms with van der Waals surface area (Å²) in [5.74, 6) is 1.21. The average Bonchev–Trinajstić information content (AvgIpc) is 3.21. The third kappa shape index (κ3) is 2.85. The van der Waals surface area contributed by atoms with Crippen LogP contribution < -0.4 is 0 Å². The minimum absolute atomic E-state index is 0.179. The summed E-state index contributed by atoms with van der Waals surface area (Å²) < 4.78 is 18.1. The molecule has 0 N–H and O–H groups in total. The Kier molecular flexibility index (Phi) is 4.29. The van der Waals surface area contributed by atoms with Crippen molar-refractivity contribution in [2.24, 2.45) is 0 Å². The smallest absolute Gasteiger partial charge is 0.148 e. The van der Waals surface area contributed by atoms with Crippen molar-refractivity contribution in [1.29, 1.82) is 0 Å². The zero-order valence-electron chi connectivity index (χ0n) is 11.0. The van der Waals surface area contributed by atoms with E-state index in [2.05, 4.69) is 5.16 Å². The summed E-state index contributed by atoms with van der Waals surface area (Å²) in [6.45, 7) is -0.519. The third-order valence-corrected chi connectivity index (χ3v) is 4.86. The standard InChI is InChI=1S/C15H12Cl2FNOS/c16-12-4-3-10(9(5-6-18)13(12)17)15(21)11-7-19-20-14(11)8-1-2-8/h3-4,7-8H,1-2,5-6H2. The first-order chi connectivity index (χ1) is 10.1. The molecule has 6 heteroatoms. The second-order valence-electron chi connectivity index (χ2n) is 5.03. The summed E-state index contributed by atoms with van der Waals surface area (Å²) in [6, 6.07) is 3.46. The minimum Gasteiger partial charge on any atom is -0.360 e. The number of hydrogen-bond acceptors (Lipinski definition) is 3. The summed E-state index contributed by atoms with van der Waals surface area (Å²) >= 11 is 17.8. The van der Waals surface area contributed by atoms with Gasteiger partial charge < -0.3 is 4.52 Å². The number of halogens is 3. The molecule has 0 saturated heterocycles. The molecule has 1 saturated carbocycles. The van der Waals surface area contributed by atoms with Crippen molar-refractivity contribution in [2.75, 3.05) is 6.67 Å². The van der Waals surface area contributed by atoms with Crippen LogP contribution in [-0.4, -0.2) is 16.7 Å². The molecule has 2 aromatic rings. The Morgan fingerprint density at radius 2 is 2.10 bits per heavy atom. The molecular formula is C15H12Cl2FNOS. The van der Waals surface area contributed by atoms with Crippen LogP contribution in [0.4, 0.5) is 4.39 Å². The van der Waals surface area contributed by atoms with Crippen LogP contribution >= 0.6 is 35.4 Å². The Balaban J connectivity index is 2.05. The van der Waals surface area contributed by atoms with Crippen LogP contribution in [0.5, 0.6) is 0 Å². The van der Waals surface area contributed by atoms with Crippen LogP contribution in [0.2, 0.25) is 10.0 Å². The van der Waals surface area contributed by atoms with Crippen molar-refractivity contribution in [3.05, 3.63) is 50.8 Å². The van der Waals surface area contributed by atoms with E-state index in [9.17, 15) is 4.39 Å². The highest BCUT2D eigenvalue weighted by atomic mass is 35.5. The summed E-state index contributed by atoms with van der Waals surface area (Å²) in [6.07, 6.45) is 3.98. The van der Waals surface area contributed by atoms with Crippen molar-refractivity contribution in [3.8, 4) is 0 Å². The van der Waals surface area contributed by atoms with Gasteiger partial charge in [-0.15, -0.1) is 0 Å². The maximum Gasteiger partial charge on any atom is 0.148 e. The molecular weight excluding hydrogens is 332 g/mol. The van der Waals surface area contributed by atoms with Crippen molar-refractivity contribution in [1.82, 2.24) is 5.16 Å². The van der Waals surface area contributed by atoms with Gasteiger partial charge in [0, 0.05) is 12.3 Å². The Morgan fingerprint density at radius 3 is 2.76 bits per heavy atom. The van der Waals surface area contributed by atoms with E-state index in [1.54, 1.807) is 18.3 Å². The Labute approximate surface area is 137 Å². The highest BCUT2D eigenvalue weighted by molar-refractivity contribution is 7.81. The van der Waals surface area contributed by atoms with Crippen LogP contribution in [0.25, 0.3) is 0 Å². The fourth-order valence-corrected chi connectivity index (χ4v) is 3.13. The molecule has 0 aliphatic heterocycles. The summed E-state index contributed by atoms with van der Waals surface area (Å²) in [5.41, 5.74) is 2.16. The summed E-state index contributed by atoms with van der Waals surface area (Å²) in [4.78, 5) is 0.583. The molecule has 0 atom stereocenters. The third-order valence-electron chi connectivity index (χ3n) is 3.58. The van der Waals surface area contributed by atoms with Crippen LogP contribution in [0.15, 0.2) is 22.9 Å². The SMILES string of the molecule is FCCc1c(C(=S)c2cnoc2C2CC2)ccc(Cl)c1Cl. The topological polar surface area (TPSA) is 26.0 Å². The molecule has 1 fully saturated rings. The fraction of sp³-hybridized carbons (Fsp3) is 0.333. The lowest BCUT2D eigenvalue weighted by Crippen LogP contribution is -2.07. The molecule has 2 nitrogen and oxygen atoms in total. The van der Waals surface area contributed by atoms with E-state index < -0.39 is 6.67 Å². The molecule has 1 heterocycles. The fourth-order valence-electron chi connectivity index (χ4n) is 2.35. The van der Waals surface area contributed by atoms with Gasteiger partial charge in [-0.2, -0.15) is 0 Å². The number of benzene rings is 1. The van der Waals surface area contributed by atoms with Crippen molar-refractivity contribution in [2.45, 2.75) is 25.2 Å². The number of alkyl halides is 1. The van der Waals surface area contributed by atoms with E-state index in [-0.39, 0.29) is 6.42 Å². The normalized spacial score (nSPS) is 14.4. The van der Waals surface area contributed by atoms with Gasteiger partial charge in [0.25, 0.3) is 0 Å². The predicted molar refractivity (Wildman–Crippen MR) is 85.4 cm³/mol. The van der Waals surface area contributed by atoms with Gasteiger partial charge in [0.1, 0.15) is 5.76 Å². The van der Waals surface area contributed by atoms with Crippen LogP contribution in [0.1, 0.15) is 41.2 Å². The van der Waals surface area contributed by atoms with Crippen LogP contribution in [0.3, 0.4) is 0 Å². The molecule has 3 rings (SSSR count). The molecule has 0 amide bonds. The van der Waals surface area contributed by atoms with E-state index >= 15 is 0 Å². The minimum atomic E-state index is -0.519. The first-order valence-corrected chi connectivity index (χ1v) is 7.82. The van der Waals surface area contributed by atoms with Gasteiger partial charge in [-0.3, -0.25) is 4.39 Å². The highest BCUT2D eigenvalue weighted by Gasteiger charge is 2.32. The molecule has 0 bridgehead atoms. The van der Waals surface area contributed by atoms with E-state index in [0.29, 0.717) is 26.4 Å². The van der Waals surface area contributed by atoms with Gasteiger partial charge in [-0.05, 0) is 30.0 Å². The molecule has 0 unspecified atom stereocenters. The molecule has 21 heavy (non-hydrogen) atoms. The predicted octanol–water partition coefficient (Wildman–Crippen LogP) is 5.14. The van der Waals surface area contributed by atoms with Crippen molar-refractivity contribution < 1.29 is 8.91 Å². The van der Waals surface area contributed by atoms with E-state index in [0.717, 1.165) is 29.7 Å². The lowest BCUT2D eigenvalue weighted by atomic mass is 9.97. The molecule has 0 radical (unpaired) electrons. The lowest BCUT2D eigenvalue weighted by Gasteiger charge is -2.12. The second kappa shape index (κ2) is 6.03. The van der Waals surface area contributed by atoms with Crippen LogP contribution in [0, 0.1) is 0 Å². The zero-order chi connectivity index (χ0) is 15.0. The average molecular weight is 344 g/mol. The van der Waals surface area contributed by atoms with Gasteiger partial charge in [-0.1, -0.05) is 46.6 Å². The largest absolute Gasteiger partial charge is 0.360 e. The first kappa shape index (κ1) is 14.9. The molecule has 1 aromatic carbocycles. The number of aromatic nitrogens is 1. The monoisotopic (exact) mass is 343 g/mol. The van der Waals surface area contributed by atoms with Gasteiger partial charge in [-0.25, -0.2) is 0 Å². The van der Waals surface area contributed by atoms with Gasteiger partial charge >= 0.3 is 0 Å². The molecule has 0 spiro atoms. The van der Waals surface area contributed by atoms with Gasteiger partial charge in [0.15, 0.2) is 0 Å². The van der Waals surface area contributed by atoms with E-state index in [4.69, 9.17) is 39.9 Å². The van der Waals surface area contributed by atoms with Crippen molar-refractivity contribution >= 4 is 40.3 Å². The Bertz CT molecular complexity index is 697. The maximum absolute atomic E-state index is 12.8. The zero-order valence-corrected chi connectivity index (χ0v) is 13.4. The van der Waals surface area contributed by atoms with Crippen molar-refractivity contribution in [3.63, 3.8) is 0 Å². The molecule has 1 aliphatic rings.